The molecule has 2 amide bonds. The second-order valence-electron chi connectivity index (χ2n) is 4.76. The van der Waals surface area contributed by atoms with Crippen molar-refractivity contribution in [3.63, 3.8) is 0 Å². The van der Waals surface area contributed by atoms with Gasteiger partial charge in [-0.25, -0.2) is 0 Å². The van der Waals surface area contributed by atoms with E-state index in [-0.39, 0.29) is 0 Å². The lowest BCUT2D eigenvalue weighted by molar-refractivity contribution is -0.114. The molecule has 3 N–H and O–H groups in total. The van der Waals surface area contributed by atoms with Crippen molar-refractivity contribution in [3.8, 4) is 11.5 Å². The Morgan fingerprint density at radius 3 is 1.60 bits per heavy atom. The van der Waals surface area contributed by atoms with Crippen LogP contribution >= 0.6 is 0 Å². The Bertz CT molecular complexity index is 741. The second-order valence-corrected chi connectivity index (χ2v) is 4.76. The zero-order chi connectivity index (χ0) is 18.2. The highest BCUT2D eigenvalue weighted by Crippen LogP contribution is 2.24. The van der Waals surface area contributed by atoms with Crippen LogP contribution in [0.4, 0.5) is 11.4 Å². The van der Waals surface area contributed by atoms with E-state index in [2.05, 4.69) is 15.8 Å². The summed E-state index contributed by atoms with van der Waals surface area (Å²) >= 11 is 0. The maximum absolute atomic E-state index is 12.2. The Morgan fingerprint density at radius 2 is 1.24 bits per heavy atom. The Labute approximate surface area is 144 Å². The maximum atomic E-state index is 12.2. The van der Waals surface area contributed by atoms with Crippen molar-refractivity contribution in [2.24, 2.45) is 5.16 Å². The van der Waals surface area contributed by atoms with Gasteiger partial charge in [-0.05, 0) is 24.3 Å². The summed E-state index contributed by atoms with van der Waals surface area (Å²) in [6.07, 6.45) is 0. The van der Waals surface area contributed by atoms with Gasteiger partial charge in [0.15, 0.2) is 0 Å². The van der Waals surface area contributed by atoms with E-state index in [1.807, 2.05) is 0 Å². The molecule has 2 aromatic rings. The van der Waals surface area contributed by atoms with Crippen LogP contribution in [0.3, 0.4) is 0 Å². The number of nitrogens with one attached hydrogen (secondary N) is 2. The minimum absolute atomic E-state index is 0.334. The smallest absolute Gasteiger partial charge is 0.283 e. The molecule has 0 atom stereocenters. The van der Waals surface area contributed by atoms with E-state index in [9.17, 15) is 9.59 Å². The third-order valence-corrected chi connectivity index (χ3v) is 3.24. The van der Waals surface area contributed by atoms with Crippen molar-refractivity contribution in [1.29, 1.82) is 0 Å². The number of methoxy groups -OCH3 is 2. The van der Waals surface area contributed by atoms with Gasteiger partial charge in [-0.15, -0.1) is 0 Å². The number of nitrogens with zero attached hydrogens (tertiary/aromatic N) is 1. The van der Waals surface area contributed by atoms with Crippen LogP contribution in [0.25, 0.3) is 0 Å². The van der Waals surface area contributed by atoms with Crippen LogP contribution in [0.15, 0.2) is 53.7 Å². The number of carbonyl (C=O) groups excluding carboxylic acids is 2. The van der Waals surface area contributed by atoms with Crippen molar-refractivity contribution in [1.82, 2.24) is 0 Å². The average molecular weight is 343 g/mol. The predicted octanol–water partition coefficient (Wildman–Crippen LogP) is 2.11. The van der Waals surface area contributed by atoms with Gasteiger partial charge in [-0.3, -0.25) is 9.59 Å². The number of para-hydroxylation sites is 4. The molecule has 2 rings (SSSR count). The van der Waals surface area contributed by atoms with Crippen LogP contribution in [-0.2, 0) is 9.59 Å². The molecule has 0 bridgehead atoms. The molecule has 0 fully saturated rings. The number of ether oxygens (including phenoxy) is 2. The monoisotopic (exact) mass is 343 g/mol. The van der Waals surface area contributed by atoms with Crippen molar-refractivity contribution >= 4 is 28.9 Å². The predicted molar refractivity (Wildman–Crippen MR) is 92.5 cm³/mol. The summed E-state index contributed by atoms with van der Waals surface area (Å²) in [4.78, 5) is 24.5. The lowest BCUT2D eigenvalue weighted by atomic mass is 10.2. The normalized spacial score (nSPS) is 9.68. The lowest BCUT2D eigenvalue weighted by Gasteiger charge is -2.12. The first kappa shape index (κ1) is 17.8. The van der Waals surface area contributed by atoms with E-state index >= 15 is 0 Å². The van der Waals surface area contributed by atoms with Crippen molar-refractivity contribution in [2.45, 2.75) is 0 Å². The number of anilines is 2. The fraction of sp³-hybridized carbons (Fsp3) is 0.118. The minimum atomic E-state index is -0.889. The zero-order valence-corrected chi connectivity index (χ0v) is 13.6. The average Bonchev–Trinajstić information content (AvgIpc) is 2.63. The van der Waals surface area contributed by atoms with Crippen LogP contribution in [0.2, 0.25) is 0 Å². The second kappa shape index (κ2) is 8.34. The third-order valence-electron chi connectivity index (χ3n) is 3.24. The molecule has 0 saturated carbocycles. The summed E-state index contributed by atoms with van der Waals surface area (Å²) in [7, 11) is 2.89. The number of rotatable bonds is 6. The van der Waals surface area contributed by atoms with E-state index in [4.69, 9.17) is 14.7 Å². The first-order valence-corrected chi connectivity index (χ1v) is 7.21. The molecule has 8 nitrogen and oxygen atoms in total. The number of hydrogen-bond donors (Lipinski definition) is 3. The summed E-state index contributed by atoms with van der Waals surface area (Å²) in [5.74, 6) is -0.977. The molecule has 0 aromatic heterocycles. The van der Waals surface area contributed by atoms with Gasteiger partial charge in [-0.1, -0.05) is 29.4 Å². The maximum Gasteiger partial charge on any atom is 0.283 e. The molecular formula is C17H17N3O5. The summed E-state index contributed by atoms with van der Waals surface area (Å²) in [5.41, 5.74) is -0.0423. The largest absolute Gasteiger partial charge is 0.495 e. The van der Waals surface area contributed by atoms with Crippen LogP contribution < -0.4 is 20.1 Å². The number of hydrogen-bond acceptors (Lipinski definition) is 6. The van der Waals surface area contributed by atoms with Crippen molar-refractivity contribution < 1.29 is 24.3 Å². The van der Waals surface area contributed by atoms with E-state index in [1.165, 1.54) is 14.2 Å². The first-order chi connectivity index (χ1) is 12.1. The van der Waals surface area contributed by atoms with Gasteiger partial charge in [-0.2, -0.15) is 0 Å². The van der Waals surface area contributed by atoms with E-state index < -0.39 is 17.5 Å². The van der Waals surface area contributed by atoms with Crippen LogP contribution in [0, 0.1) is 0 Å². The molecule has 130 valence electrons. The standard InChI is InChI=1S/C17H17N3O5/c1-24-13-9-5-3-7-11(13)18-16(21)15(20-23)17(22)19-12-8-4-6-10-14(12)25-2/h3-10,23H,1-2H3,(H,18,21)(H,19,22). The molecule has 0 saturated heterocycles. The molecule has 0 spiro atoms. The third kappa shape index (κ3) is 4.25. The summed E-state index contributed by atoms with van der Waals surface area (Å²) in [5, 5.41) is 16.8. The Morgan fingerprint density at radius 1 is 0.840 bits per heavy atom. The number of oxime groups is 1. The van der Waals surface area contributed by atoms with Gasteiger partial charge >= 0.3 is 0 Å². The number of benzene rings is 2. The SMILES string of the molecule is COc1ccccc1NC(=O)C(=NO)C(=O)Nc1ccccc1OC. The van der Waals surface area contributed by atoms with Crippen molar-refractivity contribution in [2.75, 3.05) is 24.9 Å². The fourth-order valence-corrected chi connectivity index (χ4v) is 2.05. The van der Waals surface area contributed by atoms with E-state index in [1.54, 1.807) is 48.5 Å². The molecule has 0 aliphatic rings. The number of carbonyl (C=O) groups is 2. The highest BCUT2D eigenvalue weighted by atomic mass is 16.5. The topological polar surface area (TPSA) is 109 Å². The number of amides is 2. The van der Waals surface area contributed by atoms with Gasteiger partial charge in [0.2, 0.25) is 5.71 Å². The summed E-state index contributed by atoms with van der Waals surface area (Å²) in [6, 6.07) is 13.3. The molecule has 8 heteroatoms. The highest BCUT2D eigenvalue weighted by Gasteiger charge is 2.23. The highest BCUT2D eigenvalue weighted by molar-refractivity contribution is 6.68. The molecule has 25 heavy (non-hydrogen) atoms. The quantitative estimate of drug-likeness (QED) is 0.322. The van der Waals surface area contributed by atoms with Crippen molar-refractivity contribution in [3.05, 3.63) is 48.5 Å². The van der Waals surface area contributed by atoms with Crippen LogP contribution in [0.1, 0.15) is 0 Å². The molecule has 0 radical (unpaired) electrons. The Balaban J connectivity index is 2.15. The van der Waals surface area contributed by atoms with E-state index in [0.717, 1.165) is 0 Å². The fourth-order valence-electron chi connectivity index (χ4n) is 2.05. The van der Waals surface area contributed by atoms with Gasteiger partial charge in [0.1, 0.15) is 11.5 Å². The van der Waals surface area contributed by atoms with Gasteiger partial charge in [0, 0.05) is 0 Å². The van der Waals surface area contributed by atoms with E-state index in [0.29, 0.717) is 22.9 Å². The Kier molecular flexibility index (Phi) is 5.94. The molecule has 0 aliphatic heterocycles. The lowest BCUT2D eigenvalue weighted by Crippen LogP contribution is -2.34. The first-order valence-electron chi connectivity index (χ1n) is 7.21. The van der Waals surface area contributed by atoms with Crippen LogP contribution in [-0.4, -0.2) is 37.0 Å². The molecule has 0 unspecified atom stereocenters. The van der Waals surface area contributed by atoms with Crippen LogP contribution in [0.5, 0.6) is 11.5 Å². The molecular weight excluding hydrogens is 326 g/mol. The molecule has 2 aromatic carbocycles. The molecule has 0 aliphatic carbocycles. The van der Waals surface area contributed by atoms with Gasteiger partial charge in [0.05, 0.1) is 25.6 Å². The minimum Gasteiger partial charge on any atom is -0.495 e. The van der Waals surface area contributed by atoms with Gasteiger partial charge < -0.3 is 25.3 Å². The summed E-state index contributed by atoms with van der Waals surface area (Å²) in [6.45, 7) is 0. The zero-order valence-electron chi connectivity index (χ0n) is 13.6. The molecule has 0 heterocycles. The summed E-state index contributed by atoms with van der Waals surface area (Å²) < 4.78 is 10.2. The van der Waals surface area contributed by atoms with Gasteiger partial charge in [0.25, 0.3) is 11.8 Å². The Hall–Kier alpha value is -3.55.